The van der Waals surface area contributed by atoms with E-state index in [0.29, 0.717) is 33.4 Å². The van der Waals surface area contributed by atoms with E-state index >= 15 is 0 Å². The molecule has 0 heterocycles. The lowest BCUT2D eigenvalue weighted by Gasteiger charge is -2.61. The summed E-state index contributed by atoms with van der Waals surface area (Å²) in [5.41, 5.74) is 3.68. The molecule has 5 fully saturated rings. The molecule has 0 unspecified atom stereocenters. The highest BCUT2D eigenvalue weighted by Gasteiger charge is 2.80. The van der Waals surface area contributed by atoms with E-state index in [-0.39, 0.29) is 0 Å². The monoisotopic (exact) mass is 410 g/mol. The third kappa shape index (κ3) is 2.56. The number of hydrogen-bond donors (Lipinski definition) is 0. The van der Waals surface area contributed by atoms with Crippen LogP contribution in [0.25, 0.3) is 0 Å². The number of Topliss-reactive ketones (excluding diaryl/α,β-unsaturated/α-hetero) is 1. The van der Waals surface area contributed by atoms with Gasteiger partial charge in [-0.05, 0) is 115 Å². The molecule has 0 aromatic rings. The van der Waals surface area contributed by atoms with Crippen LogP contribution in [0.3, 0.4) is 0 Å². The first-order valence-electron chi connectivity index (χ1n) is 13.3. The smallest absolute Gasteiger partial charge is 0.133 e. The zero-order valence-electron chi connectivity index (χ0n) is 20.5. The summed E-state index contributed by atoms with van der Waals surface area (Å²) < 4.78 is 0. The van der Waals surface area contributed by atoms with Gasteiger partial charge in [-0.3, -0.25) is 4.79 Å². The van der Waals surface area contributed by atoms with Crippen LogP contribution in [-0.4, -0.2) is 5.78 Å². The van der Waals surface area contributed by atoms with Gasteiger partial charge in [0.25, 0.3) is 0 Å². The first-order chi connectivity index (χ1) is 14.1. The van der Waals surface area contributed by atoms with Gasteiger partial charge in [-0.1, -0.05) is 46.8 Å². The molecule has 0 N–H and O–H groups in total. The Morgan fingerprint density at radius 3 is 2.50 bits per heavy atom. The second kappa shape index (κ2) is 6.71. The van der Waals surface area contributed by atoms with Crippen molar-refractivity contribution in [1.82, 2.24) is 0 Å². The Labute approximate surface area is 185 Å². The number of allylic oxidation sites excluding steroid dienone is 1. The number of ketones is 1. The van der Waals surface area contributed by atoms with Gasteiger partial charge in [-0.25, -0.2) is 0 Å². The fourth-order valence-corrected chi connectivity index (χ4v) is 10.3. The highest BCUT2D eigenvalue weighted by Crippen LogP contribution is 2.87. The van der Waals surface area contributed by atoms with E-state index in [9.17, 15) is 4.79 Å². The molecule has 1 heteroatoms. The molecule has 168 valence electrons. The summed E-state index contributed by atoms with van der Waals surface area (Å²) >= 11 is 0. The van der Waals surface area contributed by atoms with E-state index in [0.717, 1.165) is 36.5 Å². The molecule has 0 amide bonds. The predicted molar refractivity (Wildman–Crippen MR) is 125 cm³/mol. The minimum absolute atomic E-state index is 0.516. The summed E-state index contributed by atoms with van der Waals surface area (Å²) in [6.07, 6.45) is 15.6. The van der Waals surface area contributed by atoms with Crippen LogP contribution in [0.1, 0.15) is 112 Å². The molecule has 5 aliphatic carbocycles. The fourth-order valence-electron chi connectivity index (χ4n) is 10.3. The van der Waals surface area contributed by atoms with Gasteiger partial charge in [-0.15, -0.1) is 0 Å². The van der Waals surface area contributed by atoms with Crippen LogP contribution >= 0.6 is 0 Å². The van der Waals surface area contributed by atoms with Gasteiger partial charge >= 0.3 is 0 Å². The summed E-state index contributed by atoms with van der Waals surface area (Å²) in [6, 6.07) is 0. The van der Waals surface area contributed by atoms with Crippen molar-refractivity contribution in [3.05, 3.63) is 12.2 Å². The highest BCUT2D eigenvalue weighted by molar-refractivity contribution is 5.80. The van der Waals surface area contributed by atoms with Crippen LogP contribution < -0.4 is 0 Å². The highest BCUT2D eigenvalue weighted by atomic mass is 16.1. The molecule has 0 aromatic heterocycles. The predicted octanol–water partition coefficient (Wildman–Crippen LogP) is 7.99. The summed E-state index contributed by atoms with van der Waals surface area (Å²) in [4.78, 5) is 12.2. The topological polar surface area (TPSA) is 17.1 Å². The number of rotatable bonds is 5. The van der Waals surface area contributed by atoms with E-state index in [1.54, 1.807) is 0 Å². The molecular formula is C29H46O. The maximum absolute atomic E-state index is 12.2. The van der Waals surface area contributed by atoms with Crippen molar-refractivity contribution in [2.75, 3.05) is 0 Å². The van der Waals surface area contributed by atoms with Gasteiger partial charge < -0.3 is 0 Å². The van der Waals surface area contributed by atoms with E-state index in [2.05, 4.69) is 41.2 Å². The van der Waals surface area contributed by atoms with Crippen molar-refractivity contribution in [1.29, 1.82) is 0 Å². The Balaban J connectivity index is 1.37. The Kier molecular flexibility index (Phi) is 4.75. The lowest BCUT2D eigenvalue weighted by atomic mass is 9.43. The standard InChI is InChI=1S/C29H46O/c1-19(2)20(3)7-8-21(4)24-12-13-27(6)25-10-9-22-17-23(30)11-14-28(22)18-29(25,28)16-15-26(24,27)5/h19,21-22,24-25H,3,7-18H2,1-2,4-6H3/t21-,22+,24+,25+,26-,27+,28-,29+/m1/s1. The summed E-state index contributed by atoms with van der Waals surface area (Å²) in [6.45, 7) is 16.9. The SMILES string of the molecule is C=C(CC[C@@H](C)[C@@H]1CC[C@@]2(C)[C@@H]3CC[C@H]4CC(=O)CC[C@@]45C[C@@]35CC[C@]12C)C(C)C. The molecule has 5 aliphatic rings. The second-order valence-electron chi connectivity index (χ2n) is 13.4. The molecule has 0 saturated heterocycles. The molecule has 0 bridgehead atoms. The molecule has 30 heavy (non-hydrogen) atoms. The molecule has 2 spiro atoms. The third-order valence-electron chi connectivity index (χ3n) is 12.5. The minimum atomic E-state index is 0.516. The largest absolute Gasteiger partial charge is 0.300 e. The molecule has 0 aliphatic heterocycles. The summed E-state index contributed by atoms with van der Waals surface area (Å²) in [5, 5.41) is 0. The lowest BCUT2D eigenvalue weighted by molar-refractivity contribution is -0.139. The van der Waals surface area contributed by atoms with Crippen molar-refractivity contribution in [3.8, 4) is 0 Å². The zero-order valence-corrected chi connectivity index (χ0v) is 20.5. The maximum atomic E-state index is 12.2. The van der Waals surface area contributed by atoms with Gasteiger partial charge in [-0.2, -0.15) is 0 Å². The number of carbonyl (C=O) groups is 1. The van der Waals surface area contributed by atoms with Crippen LogP contribution in [-0.2, 0) is 4.79 Å². The van der Waals surface area contributed by atoms with E-state index in [1.165, 1.54) is 69.8 Å². The Bertz CT molecular complexity index is 749. The van der Waals surface area contributed by atoms with Gasteiger partial charge in [0.05, 0.1) is 0 Å². The number of fused-ring (bicyclic) bond motifs is 2. The van der Waals surface area contributed by atoms with E-state index in [4.69, 9.17) is 0 Å². The number of hydrogen-bond acceptors (Lipinski definition) is 1. The van der Waals surface area contributed by atoms with Gasteiger partial charge in [0.1, 0.15) is 5.78 Å². The molecule has 5 saturated carbocycles. The van der Waals surface area contributed by atoms with Crippen molar-refractivity contribution < 1.29 is 4.79 Å². The number of carbonyl (C=O) groups excluding carboxylic acids is 1. The van der Waals surface area contributed by atoms with Crippen molar-refractivity contribution in [3.63, 3.8) is 0 Å². The molecule has 0 radical (unpaired) electrons. The Hall–Kier alpha value is -0.590. The maximum Gasteiger partial charge on any atom is 0.133 e. The summed E-state index contributed by atoms with van der Waals surface area (Å²) in [7, 11) is 0. The van der Waals surface area contributed by atoms with Crippen LogP contribution in [0, 0.1) is 51.2 Å². The average molecular weight is 411 g/mol. The first-order valence-corrected chi connectivity index (χ1v) is 13.3. The van der Waals surface area contributed by atoms with Crippen molar-refractivity contribution in [2.24, 2.45) is 51.2 Å². The quantitative estimate of drug-likeness (QED) is 0.420. The normalized spacial score (nSPS) is 50.3. The fraction of sp³-hybridized carbons (Fsp3) is 0.897. The first kappa shape index (κ1) is 21.3. The molecule has 8 atom stereocenters. The van der Waals surface area contributed by atoms with E-state index in [1.807, 2.05) is 0 Å². The van der Waals surface area contributed by atoms with Crippen molar-refractivity contribution in [2.45, 2.75) is 112 Å². The summed E-state index contributed by atoms with van der Waals surface area (Å²) in [5.74, 6) is 4.56. The van der Waals surface area contributed by atoms with Crippen LogP contribution in [0.4, 0.5) is 0 Å². The minimum Gasteiger partial charge on any atom is -0.300 e. The van der Waals surface area contributed by atoms with Crippen LogP contribution in [0.2, 0.25) is 0 Å². The average Bonchev–Trinajstić information content (AvgIpc) is 3.28. The molecular weight excluding hydrogens is 364 g/mol. The molecule has 5 rings (SSSR count). The molecule has 0 aromatic carbocycles. The zero-order chi connectivity index (χ0) is 21.5. The van der Waals surface area contributed by atoms with Crippen LogP contribution in [0.5, 0.6) is 0 Å². The second-order valence-corrected chi connectivity index (χ2v) is 13.4. The van der Waals surface area contributed by atoms with Gasteiger partial charge in [0.2, 0.25) is 0 Å². The van der Waals surface area contributed by atoms with Gasteiger partial charge in [0, 0.05) is 12.8 Å². The molecule has 1 nitrogen and oxygen atoms in total. The van der Waals surface area contributed by atoms with Gasteiger partial charge in [0.15, 0.2) is 0 Å². The Morgan fingerprint density at radius 2 is 1.77 bits per heavy atom. The Morgan fingerprint density at radius 1 is 1.00 bits per heavy atom. The third-order valence-corrected chi connectivity index (χ3v) is 12.5. The van der Waals surface area contributed by atoms with Crippen LogP contribution in [0.15, 0.2) is 12.2 Å². The van der Waals surface area contributed by atoms with Crippen molar-refractivity contribution >= 4 is 5.78 Å². The lowest BCUT2D eigenvalue weighted by Crippen LogP contribution is -2.54. The van der Waals surface area contributed by atoms with E-state index < -0.39 is 0 Å².